The third kappa shape index (κ3) is 22.8. The minimum atomic E-state index is -6.00. The summed E-state index contributed by atoms with van der Waals surface area (Å²) in [5.41, 5.74) is 0. The summed E-state index contributed by atoms with van der Waals surface area (Å²) in [7, 11) is -2.78. The van der Waals surface area contributed by atoms with Gasteiger partial charge in [-0.2, -0.15) is 0 Å². The predicted octanol–water partition coefficient (Wildman–Crippen LogP) is 10.0. The Labute approximate surface area is 402 Å². The first-order valence-corrected chi connectivity index (χ1v) is 21.1. The van der Waals surface area contributed by atoms with Crippen molar-refractivity contribution in [1.82, 2.24) is 4.90 Å². The molecule has 2 aliphatic carbocycles. The summed E-state index contributed by atoms with van der Waals surface area (Å²) in [6.07, 6.45) is 19.2. The average molecular weight is 1250 g/mol. The van der Waals surface area contributed by atoms with E-state index >= 15 is 0 Å². The molecule has 0 heterocycles. The van der Waals surface area contributed by atoms with E-state index in [9.17, 15) is 17.3 Å². The molecule has 2 fully saturated rings. The summed E-state index contributed by atoms with van der Waals surface area (Å²) < 4.78 is 39.0. The fraction of sp³-hybridized carbons (Fsp3) is 0.0612. The molecule has 0 aromatic heterocycles. The van der Waals surface area contributed by atoms with Crippen molar-refractivity contribution in [2.24, 2.45) is 0 Å². The van der Waals surface area contributed by atoms with Gasteiger partial charge in [-0.25, -0.2) is 0 Å². The number of benzene rings is 6. The fourth-order valence-electron chi connectivity index (χ4n) is 5.48. The quantitative estimate of drug-likeness (QED) is 0.0636. The van der Waals surface area contributed by atoms with Gasteiger partial charge in [0, 0.05) is 74.7 Å². The first kappa shape index (κ1) is 55.8. The monoisotopic (exact) mass is 1250 g/mol. The Morgan fingerprint density at radius 1 is 0.417 bits per heavy atom. The zero-order chi connectivity index (χ0) is 40.6. The largest absolute Gasteiger partial charge is 0.673 e. The molecule has 2 aliphatic rings. The molecule has 12 radical (unpaired) electrons. The Morgan fingerprint density at radius 2 is 0.633 bits per heavy atom. The number of hydrogen-bond acceptors (Lipinski definition) is 1. The Balaban J connectivity index is 0.000000409. The van der Waals surface area contributed by atoms with Gasteiger partial charge >= 0.3 is 7.25 Å². The molecule has 0 amide bonds. The van der Waals surface area contributed by atoms with Crippen LogP contribution in [0, 0.1) is 63.7 Å². The van der Waals surface area contributed by atoms with Crippen LogP contribution in [0.3, 0.4) is 0 Å². The van der Waals surface area contributed by atoms with Crippen LogP contribution in [-0.4, -0.2) is 32.8 Å². The molecule has 318 valence electrons. The predicted molar refractivity (Wildman–Crippen MR) is 240 cm³/mol. The zero-order valence-corrected chi connectivity index (χ0v) is 40.3. The molecule has 11 heteroatoms. The van der Waals surface area contributed by atoms with E-state index in [1.807, 2.05) is 44.9 Å². The summed E-state index contributed by atoms with van der Waals surface area (Å²) in [6.45, 7) is 0.993. The standard InChI is InChI=1S/2C18H15P.C8H11N.C5H5.2Au.BF4.Fe/c2*1-4-10-16(11-5-1)19(17-12-6-2-7-13-17)18-14-8-3-9-15-18;1-9(2)7-8-5-3-4-6-8;1-2-4-5-3-1;;;2-1(3,4)5;/h2*1-15H;3-5H,7H2,1-2H3;1-5H;;;;/q;;+1;;;;-1;. The summed E-state index contributed by atoms with van der Waals surface area (Å²) in [5.74, 6) is 1.26. The van der Waals surface area contributed by atoms with Gasteiger partial charge in [-0.05, 0) is 93.9 Å². The average Bonchev–Trinajstić information content (AvgIpc) is 3.99. The molecule has 0 spiro atoms. The molecular weight excluding hydrogens is 1200 g/mol. The van der Waals surface area contributed by atoms with Gasteiger partial charge in [-0.15, -0.1) is 0 Å². The normalized spacial score (nSPS) is 12.8. The van der Waals surface area contributed by atoms with Gasteiger partial charge in [0.2, 0.25) is 5.92 Å². The summed E-state index contributed by atoms with van der Waals surface area (Å²) in [5, 5.41) is 8.39. The van der Waals surface area contributed by atoms with E-state index < -0.39 is 23.1 Å². The second-order valence-corrected chi connectivity index (χ2v) is 17.0. The first-order chi connectivity index (χ1) is 27.7. The second-order valence-electron chi connectivity index (χ2n) is 12.6. The summed E-state index contributed by atoms with van der Waals surface area (Å²) in [4.78, 5) is 2.13. The molecule has 6 aromatic rings. The Hall–Kier alpha value is -2.21. The van der Waals surface area contributed by atoms with Crippen LogP contribution in [0.1, 0.15) is 0 Å². The number of halogens is 4. The van der Waals surface area contributed by atoms with Crippen LogP contribution in [0.15, 0.2) is 182 Å². The van der Waals surface area contributed by atoms with E-state index in [2.05, 4.69) is 214 Å². The van der Waals surface area contributed by atoms with Crippen molar-refractivity contribution in [3.05, 3.63) is 246 Å². The molecule has 60 heavy (non-hydrogen) atoms. The molecular formula is C49H46Au2BF4FeNP2. The van der Waals surface area contributed by atoms with Gasteiger partial charge in [0.15, 0.2) is 6.42 Å². The van der Waals surface area contributed by atoms with Gasteiger partial charge in [0.1, 0.15) is 0 Å². The molecule has 6 aromatic carbocycles. The van der Waals surface area contributed by atoms with Crippen LogP contribution >= 0.6 is 15.8 Å². The van der Waals surface area contributed by atoms with Crippen molar-refractivity contribution < 1.29 is 79.1 Å². The number of nitrogens with zero attached hydrogens (tertiary/aromatic N) is 1. The first-order valence-electron chi connectivity index (χ1n) is 18.4. The smallest absolute Gasteiger partial charge is 0.418 e. The van der Waals surface area contributed by atoms with Crippen molar-refractivity contribution in [2.75, 3.05) is 20.6 Å². The van der Waals surface area contributed by atoms with Crippen LogP contribution in [0.4, 0.5) is 17.3 Å². The third-order valence-electron chi connectivity index (χ3n) is 7.79. The van der Waals surface area contributed by atoms with Crippen LogP contribution in [0.25, 0.3) is 0 Å². The molecule has 0 bridgehead atoms. The number of rotatable bonds is 8. The van der Waals surface area contributed by atoms with E-state index in [-0.39, 0.29) is 61.8 Å². The van der Waals surface area contributed by atoms with Gasteiger partial charge in [-0.1, -0.05) is 182 Å². The van der Waals surface area contributed by atoms with E-state index in [4.69, 9.17) is 0 Å². The molecule has 2 saturated carbocycles. The maximum atomic E-state index is 9.75. The van der Waals surface area contributed by atoms with Crippen LogP contribution in [0.2, 0.25) is 0 Å². The third-order valence-corrected chi connectivity index (χ3v) is 12.7. The second kappa shape index (κ2) is 32.5. The summed E-state index contributed by atoms with van der Waals surface area (Å²) >= 11 is 0. The van der Waals surface area contributed by atoms with Crippen molar-refractivity contribution >= 4 is 54.9 Å². The van der Waals surface area contributed by atoms with E-state index in [1.165, 1.54) is 37.7 Å². The van der Waals surface area contributed by atoms with Gasteiger partial charge in [0.25, 0.3) is 6.42 Å². The van der Waals surface area contributed by atoms with Gasteiger partial charge < -0.3 is 22.2 Å². The molecule has 0 N–H and O–H groups in total. The Morgan fingerprint density at radius 3 is 0.800 bits per heavy atom. The van der Waals surface area contributed by atoms with E-state index in [0.29, 0.717) is 0 Å². The van der Waals surface area contributed by atoms with Crippen LogP contribution < -0.4 is 31.8 Å². The SMILES string of the molecule is CN(C)C[C]1[C+][CH][CH][CH]1.F[B-](F)(F)F.[Au].[Au].[CH]1[CH][CH][CH][CH]1.[Fe].c1ccc(P(c2ccccc2)c2ccccc2)cc1.c1ccc(P(c2ccccc2)c2ccccc2)cc1. The van der Waals surface area contributed by atoms with Crippen LogP contribution in [0.5, 0.6) is 0 Å². The van der Waals surface area contributed by atoms with Crippen molar-refractivity contribution in [2.45, 2.75) is 0 Å². The zero-order valence-electron chi connectivity index (χ0n) is 33.0. The minimum Gasteiger partial charge on any atom is -0.418 e. The topological polar surface area (TPSA) is 3.24 Å². The Kier molecular flexibility index (Phi) is 30.2. The van der Waals surface area contributed by atoms with Crippen molar-refractivity contribution in [1.29, 1.82) is 0 Å². The fourth-order valence-corrected chi connectivity index (χ4v) is 10.1. The molecule has 0 atom stereocenters. The van der Waals surface area contributed by atoms with E-state index in [0.717, 1.165) is 6.54 Å². The van der Waals surface area contributed by atoms with Crippen molar-refractivity contribution in [3.8, 4) is 0 Å². The van der Waals surface area contributed by atoms with E-state index in [1.54, 1.807) is 0 Å². The van der Waals surface area contributed by atoms with Crippen molar-refractivity contribution in [3.63, 3.8) is 0 Å². The maximum absolute atomic E-state index is 9.75. The van der Waals surface area contributed by atoms with Gasteiger partial charge in [-0.3, -0.25) is 0 Å². The maximum Gasteiger partial charge on any atom is 0.673 e. The molecule has 8 rings (SSSR count). The summed E-state index contributed by atoms with van der Waals surface area (Å²) in [6, 6.07) is 64.7. The number of hydrogen-bond donors (Lipinski definition) is 0. The molecule has 1 nitrogen and oxygen atoms in total. The minimum absolute atomic E-state index is 0. The molecule has 0 unspecified atom stereocenters. The molecule has 0 aliphatic heterocycles. The van der Waals surface area contributed by atoms with Gasteiger partial charge in [0.05, 0.1) is 6.54 Å². The molecule has 0 saturated heterocycles. The Bertz CT molecular complexity index is 1560. The van der Waals surface area contributed by atoms with Crippen LogP contribution in [-0.2, 0) is 61.8 Å².